The number of aryl methyl sites for hydroxylation is 1. The highest BCUT2D eigenvalue weighted by molar-refractivity contribution is 5.77. The normalized spacial score (nSPS) is 20.3. The first-order valence-corrected chi connectivity index (χ1v) is 8.02. The van der Waals surface area contributed by atoms with E-state index in [0.717, 1.165) is 50.2 Å². The molecule has 5 nitrogen and oxygen atoms in total. The van der Waals surface area contributed by atoms with Gasteiger partial charge in [-0.15, -0.1) is 0 Å². The van der Waals surface area contributed by atoms with Crippen molar-refractivity contribution in [3.63, 3.8) is 0 Å². The second-order valence-electron chi connectivity index (χ2n) is 5.82. The van der Waals surface area contributed by atoms with Gasteiger partial charge in [-0.05, 0) is 42.9 Å². The molecule has 0 bridgehead atoms. The summed E-state index contributed by atoms with van der Waals surface area (Å²) in [5.41, 5.74) is 2.32. The van der Waals surface area contributed by atoms with E-state index in [2.05, 4.69) is 11.4 Å². The number of amides is 1. The number of hydrogen-bond acceptors (Lipinski definition) is 4. The van der Waals surface area contributed by atoms with Crippen molar-refractivity contribution in [2.45, 2.75) is 38.3 Å². The number of carbonyl (C=O) groups excluding carboxylic acids is 1. The first-order valence-electron chi connectivity index (χ1n) is 8.02. The van der Waals surface area contributed by atoms with Gasteiger partial charge in [0.05, 0.1) is 19.3 Å². The van der Waals surface area contributed by atoms with Crippen molar-refractivity contribution < 1.29 is 19.0 Å². The van der Waals surface area contributed by atoms with Crippen molar-refractivity contribution >= 4 is 5.91 Å². The summed E-state index contributed by atoms with van der Waals surface area (Å²) in [5.74, 6) is 0.883. The van der Waals surface area contributed by atoms with Crippen LogP contribution >= 0.6 is 0 Å². The molecule has 0 aliphatic carbocycles. The van der Waals surface area contributed by atoms with Gasteiger partial charge in [-0.2, -0.15) is 0 Å². The Morgan fingerprint density at radius 3 is 3.14 bits per heavy atom. The molecule has 0 saturated carbocycles. The number of rotatable bonds is 6. The zero-order valence-electron chi connectivity index (χ0n) is 12.8. The summed E-state index contributed by atoms with van der Waals surface area (Å²) in [5, 5.41) is 2.89. The van der Waals surface area contributed by atoms with Crippen LogP contribution in [0.5, 0.6) is 5.75 Å². The van der Waals surface area contributed by atoms with Crippen LogP contribution in [0, 0.1) is 0 Å². The molecule has 2 aliphatic rings. The Hall–Kier alpha value is -1.59. The monoisotopic (exact) mass is 305 g/mol. The predicted octanol–water partition coefficient (Wildman–Crippen LogP) is 1.82. The SMILES string of the molecule is O=C(COC[C@H]1CCCO1)NCc1ccc2c(c1)CCCO2. The maximum atomic E-state index is 11.8. The van der Waals surface area contributed by atoms with Crippen LogP contribution in [0.4, 0.5) is 0 Å². The predicted molar refractivity (Wildman–Crippen MR) is 81.9 cm³/mol. The molecule has 1 aromatic rings. The summed E-state index contributed by atoms with van der Waals surface area (Å²) in [6.07, 6.45) is 4.37. The van der Waals surface area contributed by atoms with Crippen LogP contribution in [0.2, 0.25) is 0 Å². The maximum absolute atomic E-state index is 11.8. The highest BCUT2D eigenvalue weighted by Crippen LogP contribution is 2.25. The van der Waals surface area contributed by atoms with Crippen LogP contribution in [0.25, 0.3) is 0 Å². The lowest BCUT2D eigenvalue weighted by Gasteiger charge is -2.18. The van der Waals surface area contributed by atoms with Crippen LogP contribution in [0.15, 0.2) is 18.2 Å². The third kappa shape index (κ3) is 4.21. The van der Waals surface area contributed by atoms with Crippen LogP contribution in [-0.2, 0) is 27.2 Å². The smallest absolute Gasteiger partial charge is 0.246 e. The van der Waals surface area contributed by atoms with Gasteiger partial charge in [-0.1, -0.05) is 12.1 Å². The maximum Gasteiger partial charge on any atom is 0.246 e. The van der Waals surface area contributed by atoms with Gasteiger partial charge in [-0.25, -0.2) is 0 Å². The Morgan fingerprint density at radius 2 is 2.27 bits per heavy atom. The highest BCUT2D eigenvalue weighted by Gasteiger charge is 2.16. The van der Waals surface area contributed by atoms with Gasteiger partial charge in [0.15, 0.2) is 0 Å². The number of ether oxygens (including phenoxy) is 3. The molecule has 0 spiro atoms. The number of hydrogen-bond donors (Lipinski definition) is 1. The van der Waals surface area contributed by atoms with Crippen molar-refractivity contribution in [3.05, 3.63) is 29.3 Å². The van der Waals surface area contributed by atoms with Gasteiger partial charge in [0.2, 0.25) is 5.91 Å². The molecule has 1 atom stereocenters. The lowest BCUT2D eigenvalue weighted by molar-refractivity contribution is -0.127. The minimum atomic E-state index is -0.0908. The Bertz CT molecular complexity index is 511. The molecule has 3 rings (SSSR count). The van der Waals surface area contributed by atoms with Crippen molar-refractivity contribution in [1.29, 1.82) is 0 Å². The lowest BCUT2D eigenvalue weighted by atomic mass is 10.0. The van der Waals surface area contributed by atoms with E-state index >= 15 is 0 Å². The molecule has 2 aliphatic heterocycles. The molecule has 0 radical (unpaired) electrons. The molecule has 2 heterocycles. The third-order valence-electron chi connectivity index (χ3n) is 4.02. The second-order valence-corrected chi connectivity index (χ2v) is 5.82. The fourth-order valence-electron chi connectivity index (χ4n) is 2.83. The number of fused-ring (bicyclic) bond motifs is 1. The van der Waals surface area contributed by atoms with E-state index in [1.807, 2.05) is 12.1 Å². The Kier molecular flexibility index (Phi) is 5.29. The fourth-order valence-corrected chi connectivity index (χ4v) is 2.83. The average Bonchev–Trinajstić information content (AvgIpc) is 3.06. The number of nitrogens with one attached hydrogen (secondary N) is 1. The number of benzene rings is 1. The van der Waals surface area contributed by atoms with Crippen LogP contribution in [0.3, 0.4) is 0 Å². The molecule has 0 unspecified atom stereocenters. The molecule has 1 aromatic carbocycles. The quantitative estimate of drug-likeness (QED) is 0.871. The standard InChI is InChI=1S/C17H23NO4/c19-17(12-20-11-15-4-2-7-21-15)18-10-13-5-6-16-14(9-13)3-1-8-22-16/h5-6,9,15H,1-4,7-8,10-12H2,(H,18,19)/t15-/m1/s1. The zero-order valence-corrected chi connectivity index (χ0v) is 12.8. The van der Waals surface area contributed by atoms with E-state index in [4.69, 9.17) is 14.2 Å². The summed E-state index contributed by atoms with van der Waals surface area (Å²) in [6, 6.07) is 6.10. The highest BCUT2D eigenvalue weighted by atomic mass is 16.5. The lowest BCUT2D eigenvalue weighted by Crippen LogP contribution is -2.28. The van der Waals surface area contributed by atoms with E-state index in [1.54, 1.807) is 0 Å². The fraction of sp³-hybridized carbons (Fsp3) is 0.588. The average molecular weight is 305 g/mol. The minimum Gasteiger partial charge on any atom is -0.493 e. The molecule has 120 valence electrons. The van der Waals surface area contributed by atoms with Gasteiger partial charge in [0.1, 0.15) is 12.4 Å². The topological polar surface area (TPSA) is 56.8 Å². The summed E-state index contributed by atoms with van der Waals surface area (Å²) < 4.78 is 16.4. The van der Waals surface area contributed by atoms with Gasteiger partial charge < -0.3 is 19.5 Å². The molecule has 1 saturated heterocycles. The number of carbonyl (C=O) groups is 1. The van der Waals surface area contributed by atoms with E-state index in [1.165, 1.54) is 5.56 Å². The van der Waals surface area contributed by atoms with Gasteiger partial charge in [-0.3, -0.25) is 4.79 Å². The van der Waals surface area contributed by atoms with Crippen molar-refractivity contribution in [2.75, 3.05) is 26.4 Å². The van der Waals surface area contributed by atoms with Crippen molar-refractivity contribution in [1.82, 2.24) is 5.32 Å². The van der Waals surface area contributed by atoms with Crippen LogP contribution in [0.1, 0.15) is 30.4 Å². The molecular formula is C17H23NO4. The van der Waals surface area contributed by atoms with Crippen LogP contribution in [-0.4, -0.2) is 38.4 Å². The summed E-state index contributed by atoms with van der Waals surface area (Å²) in [6.45, 7) is 2.72. The Labute approximate surface area is 130 Å². The molecule has 1 N–H and O–H groups in total. The summed E-state index contributed by atoms with van der Waals surface area (Å²) in [4.78, 5) is 11.8. The van der Waals surface area contributed by atoms with Crippen molar-refractivity contribution in [2.24, 2.45) is 0 Å². The van der Waals surface area contributed by atoms with E-state index in [-0.39, 0.29) is 18.6 Å². The van der Waals surface area contributed by atoms with Gasteiger partial charge in [0.25, 0.3) is 0 Å². The summed E-state index contributed by atoms with van der Waals surface area (Å²) >= 11 is 0. The molecule has 0 aromatic heterocycles. The zero-order chi connectivity index (χ0) is 15.2. The third-order valence-corrected chi connectivity index (χ3v) is 4.02. The van der Waals surface area contributed by atoms with Gasteiger partial charge >= 0.3 is 0 Å². The second kappa shape index (κ2) is 7.61. The van der Waals surface area contributed by atoms with Gasteiger partial charge in [0, 0.05) is 13.2 Å². The largest absolute Gasteiger partial charge is 0.493 e. The molecule has 5 heteroatoms. The van der Waals surface area contributed by atoms with E-state index in [9.17, 15) is 4.79 Å². The van der Waals surface area contributed by atoms with E-state index in [0.29, 0.717) is 13.2 Å². The van der Waals surface area contributed by atoms with Crippen molar-refractivity contribution in [3.8, 4) is 5.75 Å². The Morgan fingerprint density at radius 1 is 1.32 bits per heavy atom. The molecular weight excluding hydrogens is 282 g/mol. The molecule has 1 amide bonds. The first-order chi connectivity index (χ1) is 10.8. The molecule has 1 fully saturated rings. The van der Waals surface area contributed by atoms with Crippen LogP contribution < -0.4 is 10.1 Å². The first kappa shape index (κ1) is 15.3. The molecule has 22 heavy (non-hydrogen) atoms. The summed E-state index contributed by atoms with van der Waals surface area (Å²) in [7, 11) is 0. The van der Waals surface area contributed by atoms with E-state index < -0.39 is 0 Å². The minimum absolute atomic E-state index is 0.0908. The Balaban J connectivity index is 1.39.